The number of benzene rings is 5. The average molecular weight is 507 g/mol. The van der Waals surface area contributed by atoms with Gasteiger partial charge in [0.15, 0.2) is 11.5 Å². The van der Waals surface area contributed by atoms with Crippen molar-refractivity contribution in [3.05, 3.63) is 133 Å². The maximum atomic E-state index is 13.0. The van der Waals surface area contributed by atoms with Crippen molar-refractivity contribution in [2.24, 2.45) is 0 Å². The Bertz CT molecular complexity index is 1470. The standard InChI is InChI=1S/C31H22O5S/c32-31(36-37)26-21-27(33-23-15-7-2-8-16-23)29(34-24-17-9-3-10-18-24)30(35-25-19-11-4-12-20-25)28(26)22-13-5-1-6-14-22/h1-21,37H. The first kappa shape index (κ1) is 24.0. The molecule has 0 heterocycles. The van der Waals surface area contributed by atoms with Crippen LogP contribution < -0.4 is 14.2 Å². The molecular formula is C31H22O5S. The van der Waals surface area contributed by atoms with Crippen LogP contribution in [-0.2, 0) is 4.18 Å². The molecular weight excluding hydrogens is 484 g/mol. The summed E-state index contributed by atoms with van der Waals surface area (Å²) in [7, 11) is 0. The highest BCUT2D eigenvalue weighted by atomic mass is 32.1. The van der Waals surface area contributed by atoms with Crippen LogP contribution in [0, 0.1) is 0 Å². The van der Waals surface area contributed by atoms with Gasteiger partial charge in [0, 0.05) is 24.5 Å². The third-order valence-corrected chi connectivity index (χ3v) is 5.63. The third-order valence-electron chi connectivity index (χ3n) is 5.46. The first-order chi connectivity index (χ1) is 18.2. The SMILES string of the molecule is O=C(OS)c1cc(Oc2ccccc2)c(Oc2ccccc2)c(Oc2ccccc2)c1-c1ccccc1. The van der Waals surface area contributed by atoms with Crippen molar-refractivity contribution in [2.45, 2.75) is 0 Å². The largest absolute Gasteiger partial charge is 0.453 e. The Kier molecular flexibility index (Phi) is 7.39. The maximum absolute atomic E-state index is 13.0. The van der Waals surface area contributed by atoms with Crippen LogP contribution in [0.2, 0.25) is 0 Å². The van der Waals surface area contributed by atoms with Gasteiger partial charge in [-0.15, -0.1) is 0 Å². The summed E-state index contributed by atoms with van der Waals surface area (Å²) in [5.41, 5.74) is 1.42. The Morgan fingerprint density at radius 1 is 0.541 bits per heavy atom. The molecule has 0 unspecified atom stereocenters. The lowest BCUT2D eigenvalue weighted by Gasteiger charge is -2.22. The monoisotopic (exact) mass is 506 g/mol. The number of ether oxygens (including phenoxy) is 3. The summed E-state index contributed by atoms with van der Waals surface area (Å²) in [6, 6.07) is 38.8. The molecule has 0 fully saturated rings. The van der Waals surface area contributed by atoms with Gasteiger partial charge in [-0.1, -0.05) is 84.9 Å². The van der Waals surface area contributed by atoms with Gasteiger partial charge < -0.3 is 18.4 Å². The minimum Gasteiger partial charge on any atom is -0.453 e. The molecule has 0 radical (unpaired) electrons. The molecule has 37 heavy (non-hydrogen) atoms. The fraction of sp³-hybridized carbons (Fsp3) is 0. The normalized spacial score (nSPS) is 10.4. The van der Waals surface area contributed by atoms with E-state index in [9.17, 15) is 4.79 Å². The Morgan fingerprint density at radius 3 is 1.46 bits per heavy atom. The molecule has 5 aromatic carbocycles. The lowest BCUT2D eigenvalue weighted by molar-refractivity contribution is 0.0772. The molecule has 0 aliphatic rings. The topological polar surface area (TPSA) is 54.0 Å². The fourth-order valence-electron chi connectivity index (χ4n) is 3.82. The Labute approximate surface area is 220 Å². The van der Waals surface area contributed by atoms with Gasteiger partial charge in [-0.3, -0.25) is 0 Å². The molecule has 6 heteroatoms. The molecule has 0 amide bonds. The van der Waals surface area contributed by atoms with Crippen LogP contribution in [0.25, 0.3) is 11.1 Å². The number of rotatable bonds is 8. The van der Waals surface area contributed by atoms with Gasteiger partial charge in [0.25, 0.3) is 0 Å². The summed E-state index contributed by atoms with van der Waals surface area (Å²) in [5, 5.41) is 0. The Balaban J connectivity index is 1.81. The first-order valence-corrected chi connectivity index (χ1v) is 11.9. The van der Waals surface area contributed by atoms with E-state index in [1.807, 2.05) is 121 Å². The molecule has 0 saturated carbocycles. The van der Waals surface area contributed by atoms with Crippen LogP contribution in [-0.4, -0.2) is 5.97 Å². The molecule has 5 aromatic rings. The van der Waals surface area contributed by atoms with Gasteiger partial charge in [0.1, 0.15) is 17.2 Å². The smallest absolute Gasteiger partial charge is 0.350 e. The molecule has 182 valence electrons. The highest BCUT2D eigenvalue weighted by Gasteiger charge is 2.28. The second kappa shape index (κ2) is 11.4. The van der Waals surface area contributed by atoms with Crippen LogP contribution in [0.3, 0.4) is 0 Å². The summed E-state index contributed by atoms with van der Waals surface area (Å²) < 4.78 is 24.0. The van der Waals surface area contributed by atoms with Crippen LogP contribution in [0.1, 0.15) is 10.4 Å². The van der Waals surface area contributed by atoms with E-state index in [2.05, 4.69) is 12.9 Å². The first-order valence-electron chi connectivity index (χ1n) is 11.5. The highest BCUT2D eigenvalue weighted by Crippen LogP contribution is 2.51. The van der Waals surface area contributed by atoms with E-state index in [0.717, 1.165) is 5.56 Å². The van der Waals surface area contributed by atoms with Crippen molar-refractivity contribution >= 4 is 18.9 Å². The summed E-state index contributed by atoms with van der Waals surface area (Å²) >= 11 is 3.80. The van der Waals surface area contributed by atoms with E-state index < -0.39 is 5.97 Å². The lowest BCUT2D eigenvalue weighted by atomic mass is 9.97. The van der Waals surface area contributed by atoms with E-state index in [0.29, 0.717) is 34.3 Å². The van der Waals surface area contributed by atoms with Crippen molar-refractivity contribution in [3.8, 4) is 45.6 Å². The molecule has 0 aliphatic heterocycles. The van der Waals surface area contributed by atoms with Crippen LogP contribution in [0.15, 0.2) is 127 Å². The van der Waals surface area contributed by atoms with Crippen molar-refractivity contribution in [1.82, 2.24) is 0 Å². The maximum Gasteiger partial charge on any atom is 0.350 e. The zero-order chi connectivity index (χ0) is 25.5. The molecule has 5 rings (SSSR count). The number of hydrogen-bond acceptors (Lipinski definition) is 6. The van der Waals surface area contributed by atoms with Crippen LogP contribution in [0.4, 0.5) is 0 Å². The summed E-state index contributed by atoms with van der Waals surface area (Å²) in [4.78, 5) is 13.0. The van der Waals surface area contributed by atoms with Crippen molar-refractivity contribution in [1.29, 1.82) is 0 Å². The number of carbonyl (C=O) groups excluding carboxylic acids is 1. The second-order valence-corrected chi connectivity index (χ2v) is 8.13. The molecule has 0 bridgehead atoms. The van der Waals surface area contributed by atoms with Gasteiger partial charge in [-0.05, 0) is 42.0 Å². The van der Waals surface area contributed by atoms with Gasteiger partial charge in [-0.25, -0.2) is 4.79 Å². The highest BCUT2D eigenvalue weighted by molar-refractivity contribution is 7.75. The number of hydrogen-bond donors (Lipinski definition) is 1. The van der Waals surface area contributed by atoms with Gasteiger partial charge >= 0.3 is 5.97 Å². The summed E-state index contributed by atoms with van der Waals surface area (Å²) in [6.07, 6.45) is 0. The Morgan fingerprint density at radius 2 is 0.973 bits per heavy atom. The fourth-order valence-corrected chi connectivity index (χ4v) is 3.91. The Hall–Kier alpha value is -4.68. The van der Waals surface area contributed by atoms with Crippen LogP contribution in [0.5, 0.6) is 34.5 Å². The molecule has 5 nitrogen and oxygen atoms in total. The van der Waals surface area contributed by atoms with E-state index in [1.54, 1.807) is 6.07 Å². The van der Waals surface area contributed by atoms with E-state index in [-0.39, 0.29) is 11.3 Å². The minimum absolute atomic E-state index is 0.207. The number of para-hydroxylation sites is 3. The van der Waals surface area contributed by atoms with Crippen molar-refractivity contribution in [2.75, 3.05) is 0 Å². The molecule has 0 aromatic heterocycles. The second-order valence-electron chi connectivity index (χ2n) is 7.95. The quantitative estimate of drug-likeness (QED) is 0.168. The molecule has 0 aliphatic carbocycles. The van der Waals surface area contributed by atoms with Crippen LogP contribution >= 0.6 is 12.9 Å². The van der Waals surface area contributed by atoms with Crippen molar-refractivity contribution < 1.29 is 23.2 Å². The zero-order valence-corrected chi connectivity index (χ0v) is 20.5. The third kappa shape index (κ3) is 5.60. The molecule has 0 atom stereocenters. The van der Waals surface area contributed by atoms with E-state index in [4.69, 9.17) is 18.4 Å². The predicted octanol–water partition coefficient (Wildman–Crippen LogP) is 8.73. The minimum atomic E-state index is -0.663. The lowest BCUT2D eigenvalue weighted by Crippen LogP contribution is -2.06. The number of thiol groups is 1. The summed E-state index contributed by atoms with van der Waals surface area (Å²) in [5.74, 6) is 1.89. The van der Waals surface area contributed by atoms with Gasteiger partial charge in [0.2, 0.25) is 5.75 Å². The van der Waals surface area contributed by atoms with Crippen molar-refractivity contribution in [3.63, 3.8) is 0 Å². The molecule has 0 spiro atoms. The van der Waals surface area contributed by atoms with E-state index in [1.165, 1.54) is 0 Å². The molecule has 0 N–H and O–H groups in total. The van der Waals surface area contributed by atoms with E-state index >= 15 is 0 Å². The number of carbonyl (C=O) groups is 1. The predicted molar refractivity (Wildman–Crippen MR) is 146 cm³/mol. The molecule has 0 saturated heterocycles. The zero-order valence-electron chi connectivity index (χ0n) is 19.6. The van der Waals surface area contributed by atoms with Gasteiger partial charge in [0.05, 0.1) is 5.56 Å². The average Bonchev–Trinajstić information content (AvgIpc) is 2.96. The van der Waals surface area contributed by atoms with Gasteiger partial charge in [-0.2, -0.15) is 0 Å². The summed E-state index contributed by atoms with van der Waals surface area (Å²) in [6.45, 7) is 0.